The Morgan fingerprint density at radius 2 is 1.89 bits per heavy atom. The van der Waals surface area contributed by atoms with Gasteiger partial charge in [-0.1, -0.05) is 6.07 Å². The third-order valence-corrected chi connectivity index (χ3v) is 4.54. The van der Waals surface area contributed by atoms with Gasteiger partial charge in [-0.3, -0.25) is 14.9 Å². The molecule has 1 aliphatic rings. The van der Waals surface area contributed by atoms with E-state index >= 15 is 0 Å². The fraction of sp³-hybridized carbons (Fsp3) is 0.368. The van der Waals surface area contributed by atoms with Crippen LogP contribution in [0, 0.1) is 10.1 Å². The van der Waals surface area contributed by atoms with Crippen LogP contribution in [0.1, 0.15) is 5.56 Å². The number of ether oxygens (including phenoxy) is 1. The lowest BCUT2D eigenvalue weighted by atomic mass is 10.2. The van der Waals surface area contributed by atoms with Gasteiger partial charge in [0.1, 0.15) is 11.6 Å². The van der Waals surface area contributed by atoms with Crippen LogP contribution in [0.3, 0.4) is 0 Å². The van der Waals surface area contributed by atoms with E-state index in [1.165, 1.54) is 24.3 Å². The van der Waals surface area contributed by atoms with E-state index in [2.05, 4.69) is 27.1 Å². The first-order valence-corrected chi connectivity index (χ1v) is 9.03. The van der Waals surface area contributed by atoms with Crippen molar-refractivity contribution in [3.8, 4) is 5.75 Å². The molecular weight excluding hydrogens is 362 g/mol. The molecule has 1 aliphatic heterocycles. The number of carbonyl (C=O) groups is 1. The summed E-state index contributed by atoms with van der Waals surface area (Å²) in [6, 6.07) is 9.53. The summed E-state index contributed by atoms with van der Waals surface area (Å²) in [7, 11) is 2.11. The molecule has 1 aromatic carbocycles. The third kappa shape index (κ3) is 5.40. The van der Waals surface area contributed by atoms with Gasteiger partial charge in [0.15, 0.2) is 6.61 Å². The smallest absolute Gasteiger partial charge is 0.269 e. The highest BCUT2D eigenvalue weighted by Crippen LogP contribution is 2.17. The average Bonchev–Trinajstić information content (AvgIpc) is 2.72. The topological polar surface area (TPSA) is 101 Å². The van der Waals surface area contributed by atoms with E-state index in [9.17, 15) is 14.9 Å². The van der Waals surface area contributed by atoms with Gasteiger partial charge >= 0.3 is 0 Å². The highest BCUT2D eigenvalue weighted by Gasteiger charge is 2.15. The standard InChI is InChI=1S/C19H23N5O4/c1-22-8-10-23(11-9-22)18-7-2-15(12-20-18)13-21-19(25)14-28-17-5-3-16(4-6-17)24(26)27/h2-7,12H,8-11,13-14H2,1H3,(H,21,25). The Kier molecular flexibility index (Phi) is 6.38. The van der Waals surface area contributed by atoms with Crippen molar-refractivity contribution >= 4 is 17.4 Å². The number of nitrogens with one attached hydrogen (secondary N) is 1. The minimum absolute atomic E-state index is 0.0238. The molecule has 0 atom stereocenters. The summed E-state index contributed by atoms with van der Waals surface area (Å²) in [6.45, 7) is 4.16. The Bertz CT molecular complexity index is 802. The maximum atomic E-state index is 11.9. The zero-order valence-corrected chi connectivity index (χ0v) is 15.7. The van der Waals surface area contributed by atoms with Crippen LogP contribution in [0.25, 0.3) is 0 Å². The van der Waals surface area contributed by atoms with Gasteiger partial charge in [0.2, 0.25) is 0 Å². The van der Waals surface area contributed by atoms with Gasteiger partial charge in [-0.05, 0) is 30.8 Å². The Hall–Kier alpha value is -3.20. The first kappa shape index (κ1) is 19.6. The monoisotopic (exact) mass is 385 g/mol. The number of piperazine rings is 1. The molecule has 148 valence electrons. The number of pyridine rings is 1. The molecule has 1 fully saturated rings. The van der Waals surface area contributed by atoms with E-state index in [4.69, 9.17) is 4.74 Å². The van der Waals surface area contributed by atoms with Crippen LogP contribution in [0.5, 0.6) is 5.75 Å². The second kappa shape index (κ2) is 9.14. The normalized spacial score (nSPS) is 14.5. The van der Waals surface area contributed by atoms with E-state index in [-0.39, 0.29) is 18.2 Å². The number of hydrogen-bond donors (Lipinski definition) is 1. The predicted molar refractivity (Wildman–Crippen MR) is 104 cm³/mol. The van der Waals surface area contributed by atoms with Gasteiger partial charge in [0, 0.05) is 51.1 Å². The number of amides is 1. The number of nitro benzene ring substituents is 1. The summed E-state index contributed by atoms with van der Waals surface area (Å²) in [5.41, 5.74) is 0.880. The predicted octanol–water partition coefficient (Wildman–Crippen LogP) is 1.44. The summed E-state index contributed by atoms with van der Waals surface area (Å²) >= 11 is 0. The fourth-order valence-electron chi connectivity index (χ4n) is 2.81. The van der Waals surface area contributed by atoms with Crippen LogP contribution in [0.4, 0.5) is 11.5 Å². The van der Waals surface area contributed by atoms with Crippen LogP contribution in [0.15, 0.2) is 42.6 Å². The minimum atomic E-state index is -0.487. The Balaban J connectivity index is 1.42. The van der Waals surface area contributed by atoms with Gasteiger partial charge in [-0.15, -0.1) is 0 Å². The molecule has 1 amide bonds. The first-order valence-electron chi connectivity index (χ1n) is 9.03. The maximum absolute atomic E-state index is 11.9. The number of likely N-dealkylation sites (N-methyl/N-ethyl adjacent to an activating group) is 1. The van der Waals surface area contributed by atoms with E-state index in [1.54, 1.807) is 6.20 Å². The van der Waals surface area contributed by atoms with Crippen LogP contribution < -0.4 is 15.0 Å². The third-order valence-electron chi connectivity index (χ3n) is 4.54. The largest absolute Gasteiger partial charge is 0.484 e. The number of rotatable bonds is 7. The van der Waals surface area contributed by atoms with Crippen molar-refractivity contribution in [3.05, 3.63) is 58.3 Å². The maximum Gasteiger partial charge on any atom is 0.269 e. The quantitative estimate of drug-likeness (QED) is 0.568. The van der Waals surface area contributed by atoms with Crippen molar-refractivity contribution in [1.82, 2.24) is 15.2 Å². The molecule has 0 aliphatic carbocycles. The molecule has 1 aromatic heterocycles. The zero-order valence-electron chi connectivity index (χ0n) is 15.7. The summed E-state index contributed by atoms with van der Waals surface area (Å²) < 4.78 is 5.34. The van der Waals surface area contributed by atoms with Crippen molar-refractivity contribution in [2.24, 2.45) is 0 Å². The van der Waals surface area contributed by atoms with Gasteiger partial charge in [-0.25, -0.2) is 4.98 Å². The van der Waals surface area contributed by atoms with E-state index < -0.39 is 4.92 Å². The number of hydrogen-bond acceptors (Lipinski definition) is 7. The van der Waals surface area contributed by atoms with Crippen molar-refractivity contribution in [2.75, 3.05) is 44.7 Å². The number of carbonyl (C=O) groups excluding carboxylic acids is 1. The van der Waals surface area contributed by atoms with Gasteiger partial charge < -0.3 is 19.9 Å². The van der Waals surface area contributed by atoms with E-state index in [0.29, 0.717) is 12.3 Å². The lowest BCUT2D eigenvalue weighted by Gasteiger charge is -2.33. The van der Waals surface area contributed by atoms with Crippen LogP contribution >= 0.6 is 0 Å². The lowest BCUT2D eigenvalue weighted by molar-refractivity contribution is -0.384. The number of nitro groups is 1. The highest BCUT2D eigenvalue weighted by atomic mass is 16.6. The molecule has 9 nitrogen and oxygen atoms in total. The van der Waals surface area contributed by atoms with Gasteiger partial charge in [-0.2, -0.15) is 0 Å². The Morgan fingerprint density at radius 3 is 2.50 bits per heavy atom. The molecule has 3 rings (SSSR count). The SMILES string of the molecule is CN1CCN(c2ccc(CNC(=O)COc3ccc([N+](=O)[O-])cc3)cn2)CC1. The molecule has 2 aromatic rings. The first-order chi connectivity index (χ1) is 13.5. The van der Waals surface area contributed by atoms with Crippen molar-refractivity contribution < 1.29 is 14.5 Å². The van der Waals surface area contributed by atoms with Crippen molar-refractivity contribution in [3.63, 3.8) is 0 Å². The number of aromatic nitrogens is 1. The van der Waals surface area contributed by atoms with Crippen LogP contribution in [-0.2, 0) is 11.3 Å². The molecule has 0 spiro atoms. The summed E-state index contributed by atoms with van der Waals surface area (Å²) in [5, 5.41) is 13.4. The Morgan fingerprint density at radius 1 is 1.18 bits per heavy atom. The zero-order chi connectivity index (χ0) is 19.9. The molecule has 1 saturated heterocycles. The molecule has 0 bridgehead atoms. The van der Waals surface area contributed by atoms with E-state index in [1.807, 2.05) is 12.1 Å². The van der Waals surface area contributed by atoms with Crippen molar-refractivity contribution in [1.29, 1.82) is 0 Å². The fourth-order valence-corrected chi connectivity index (χ4v) is 2.81. The minimum Gasteiger partial charge on any atom is -0.484 e. The van der Waals surface area contributed by atoms with Crippen LogP contribution in [0.2, 0.25) is 0 Å². The number of benzene rings is 1. The lowest BCUT2D eigenvalue weighted by Crippen LogP contribution is -2.44. The summed E-state index contributed by atoms with van der Waals surface area (Å²) in [5.74, 6) is 1.07. The average molecular weight is 385 g/mol. The summed E-state index contributed by atoms with van der Waals surface area (Å²) in [4.78, 5) is 31.1. The highest BCUT2D eigenvalue weighted by molar-refractivity contribution is 5.77. The number of anilines is 1. The summed E-state index contributed by atoms with van der Waals surface area (Å²) in [6.07, 6.45) is 1.77. The molecule has 9 heteroatoms. The number of nitrogens with zero attached hydrogens (tertiary/aromatic N) is 4. The number of non-ortho nitro benzene ring substituents is 1. The molecule has 0 unspecified atom stereocenters. The van der Waals surface area contributed by atoms with Crippen LogP contribution in [-0.4, -0.2) is 60.5 Å². The molecule has 1 N–H and O–H groups in total. The van der Waals surface area contributed by atoms with Gasteiger partial charge in [0.25, 0.3) is 11.6 Å². The molecule has 2 heterocycles. The Labute approximate surface area is 163 Å². The molecule has 0 saturated carbocycles. The van der Waals surface area contributed by atoms with Gasteiger partial charge in [0.05, 0.1) is 4.92 Å². The van der Waals surface area contributed by atoms with Crippen molar-refractivity contribution in [2.45, 2.75) is 6.54 Å². The molecular formula is C19H23N5O4. The molecule has 0 radical (unpaired) electrons. The second-order valence-electron chi connectivity index (χ2n) is 6.63. The second-order valence-corrected chi connectivity index (χ2v) is 6.63. The molecule has 28 heavy (non-hydrogen) atoms. The van der Waals surface area contributed by atoms with E-state index in [0.717, 1.165) is 37.6 Å².